The van der Waals surface area contributed by atoms with Gasteiger partial charge in [-0.1, -0.05) is 24.3 Å². The van der Waals surface area contributed by atoms with Gasteiger partial charge in [-0.25, -0.2) is 4.98 Å². The lowest BCUT2D eigenvalue weighted by Crippen LogP contribution is -2.34. The van der Waals surface area contributed by atoms with Crippen molar-refractivity contribution in [2.75, 3.05) is 13.1 Å². The quantitative estimate of drug-likeness (QED) is 0.310. The van der Waals surface area contributed by atoms with Crippen molar-refractivity contribution in [3.05, 3.63) is 78.1 Å². The van der Waals surface area contributed by atoms with Crippen LogP contribution in [-0.2, 0) is 11.3 Å². The summed E-state index contributed by atoms with van der Waals surface area (Å²) in [5.41, 5.74) is 3.26. The Kier molecular flexibility index (Phi) is 6.17. The van der Waals surface area contributed by atoms with Gasteiger partial charge in [0.05, 0.1) is 0 Å². The van der Waals surface area contributed by atoms with Crippen molar-refractivity contribution >= 4 is 39.7 Å². The summed E-state index contributed by atoms with van der Waals surface area (Å²) < 4.78 is 2.28. The summed E-state index contributed by atoms with van der Waals surface area (Å²) in [6.45, 7) is 3.49. The van der Waals surface area contributed by atoms with E-state index in [0.717, 1.165) is 17.5 Å². The number of carbonyl (C=O) groups excluding carboxylic acids is 2. The molecule has 0 saturated heterocycles. The predicted octanol–water partition coefficient (Wildman–Crippen LogP) is 3.47. The molecule has 7 heteroatoms. The molecule has 2 aromatic heterocycles. The number of hydrogen-bond acceptors (Lipinski definition) is 4. The number of hydrogen-bond donors (Lipinski definition) is 3. The van der Waals surface area contributed by atoms with Crippen molar-refractivity contribution < 1.29 is 14.7 Å². The highest BCUT2D eigenvalue weighted by Gasteiger charge is 2.11. The number of aryl methyl sites for hydroxylation is 1. The topological polar surface area (TPSA) is 96.3 Å². The van der Waals surface area contributed by atoms with Crippen molar-refractivity contribution in [1.29, 1.82) is 0 Å². The number of carbonyl (C=O) groups is 2. The van der Waals surface area contributed by atoms with Gasteiger partial charge < -0.3 is 20.3 Å². The molecule has 2 heterocycles. The molecule has 0 atom stereocenters. The van der Waals surface area contributed by atoms with Crippen molar-refractivity contribution in [3.63, 3.8) is 0 Å². The first-order valence-corrected chi connectivity index (χ1v) is 10.5. The zero-order chi connectivity index (χ0) is 22.5. The Morgan fingerprint density at radius 1 is 1.00 bits per heavy atom. The number of benzene rings is 2. The van der Waals surface area contributed by atoms with Gasteiger partial charge >= 0.3 is 0 Å². The molecule has 3 N–H and O–H groups in total. The van der Waals surface area contributed by atoms with Gasteiger partial charge in [-0.05, 0) is 48.9 Å². The van der Waals surface area contributed by atoms with E-state index in [1.54, 1.807) is 6.08 Å². The molecule has 0 saturated carbocycles. The third kappa shape index (κ3) is 4.32. The fraction of sp³-hybridized carbons (Fsp3) is 0.160. The van der Waals surface area contributed by atoms with Crippen molar-refractivity contribution in [1.82, 2.24) is 20.2 Å². The molecule has 0 aliphatic heterocycles. The fourth-order valence-corrected chi connectivity index (χ4v) is 3.76. The first-order valence-electron chi connectivity index (χ1n) is 10.5. The summed E-state index contributed by atoms with van der Waals surface area (Å²) in [6.07, 6.45) is 4.68. The lowest BCUT2D eigenvalue weighted by molar-refractivity contribution is -0.116. The van der Waals surface area contributed by atoms with E-state index in [-0.39, 0.29) is 30.4 Å². The maximum absolute atomic E-state index is 12.1. The Bertz CT molecular complexity index is 1320. The molecular formula is C25H24N4O3. The Labute approximate surface area is 185 Å². The van der Waals surface area contributed by atoms with E-state index in [9.17, 15) is 14.7 Å². The predicted molar refractivity (Wildman–Crippen MR) is 125 cm³/mol. The zero-order valence-corrected chi connectivity index (χ0v) is 17.7. The number of aromatic hydroxyl groups is 1. The zero-order valence-electron chi connectivity index (χ0n) is 17.7. The molecule has 0 unspecified atom stereocenters. The molecule has 0 fully saturated rings. The SMILES string of the molecule is CCn1c2ccccc2c2cc(C=CC(=O)NCCNC(=O)c3ncccc3O)ccc21. The lowest BCUT2D eigenvalue weighted by Gasteiger charge is -2.06. The van der Waals surface area contributed by atoms with Gasteiger partial charge in [-0.2, -0.15) is 0 Å². The molecule has 0 aliphatic carbocycles. The maximum atomic E-state index is 12.1. The van der Waals surface area contributed by atoms with Crippen molar-refractivity contribution in [2.24, 2.45) is 0 Å². The van der Waals surface area contributed by atoms with Crippen molar-refractivity contribution in [2.45, 2.75) is 13.5 Å². The molecule has 0 radical (unpaired) electrons. The number of pyridine rings is 1. The minimum absolute atomic E-state index is 0.0430. The standard InChI is InChI=1S/C25H24N4O3/c1-2-29-20-7-4-3-6-18(20)19-16-17(9-11-21(19)29)10-12-23(31)26-14-15-28-25(32)24-22(30)8-5-13-27-24/h3-13,16,30H,2,14-15H2,1H3,(H,26,31)(H,28,32). The highest BCUT2D eigenvalue weighted by Crippen LogP contribution is 2.29. The highest BCUT2D eigenvalue weighted by atomic mass is 16.3. The minimum Gasteiger partial charge on any atom is -0.505 e. The maximum Gasteiger partial charge on any atom is 0.273 e. The van der Waals surface area contributed by atoms with Crippen LogP contribution in [0.3, 0.4) is 0 Å². The van der Waals surface area contributed by atoms with Crippen LogP contribution >= 0.6 is 0 Å². The molecule has 0 spiro atoms. The number of fused-ring (bicyclic) bond motifs is 3. The third-order valence-electron chi connectivity index (χ3n) is 5.25. The number of nitrogens with zero attached hydrogens (tertiary/aromatic N) is 2. The number of aromatic nitrogens is 2. The van der Waals surface area contributed by atoms with E-state index in [1.807, 2.05) is 18.2 Å². The van der Waals surface area contributed by atoms with E-state index in [1.165, 1.54) is 40.8 Å². The average molecular weight is 428 g/mol. The fourth-order valence-electron chi connectivity index (χ4n) is 3.76. The number of nitrogens with one attached hydrogen (secondary N) is 2. The van der Waals surface area contributed by atoms with Crippen LogP contribution in [-0.4, -0.2) is 39.6 Å². The summed E-state index contributed by atoms with van der Waals surface area (Å²) in [4.78, 5) is 28.0. The van der Waals surface area contributed by atoms with Crippen LogP contribution in [0.2, 0.25) is 0 Å². The second-order valence-electron chi connectivity index (χ2n) is 7.29. The largest absolute Gasteiger partial charge is 0.505 e. The molecule has 162 valence electrons. The van der Waals surface area contributed by atoms with Crippen LogP contribution in [0.25, 0.3) is 27.9 Å². The van der Waals surface area contributed by atoms with E-state index >= 15 is 0 Å². The Morgan fingerprint density at radius 2 is 1.78 bits per heavy atom. The van der Waals surface area contributed by atoms with Gasteiger partial charge in [0.25, 0.3) is 5.91 Å². The summed E-state index contributed by atoms with van der Waals surface area (Å²) >= 11 is 0. The molecule has 0 bridgehead atoms. The highest BCUT2D eigenvalue weighted by molar-refractivity contribution is 6.08. The second kappa shape index (κ2) is 9.34. The Hall–Kier alpha value is -4.13. The first kappa shape index (κ1) is 21.1. The van der Waals surface area contributed by atoms with Gasteiger partial charge in [0.1, 0.15) is 5.75 Å². The smallest absolute Gasteiger partial charge is 0.273 e. The van der Waals surface area contributed by atoms with E-state index < -0.39 is 5.91 Å². The van der Waals surface area contributed by atoms with Gasteiger partial charge in [0, 0.05) is 53.7 Å². The van der Waals surface area contributed by atoms with Crippen LogP contribution in [0.5, 0.6) is 5.75 Å². The Balaban J connectivity index is 1.36. The average Bonchev–Trinajstić information content (AvgIpc) is 3.13. The molecule has 2 aromatic carbocycles. The van der Waals surface area contributed by atoms with E-state index in [2.05, 4.69) is 51.4 Å². The van der Waals surface area contributed by atoms with Crippen molar-refractivity contribution in [3.8, 4) is 5.75 Å². The van der Waals surface area contributed by atoms with E-state index in [0.29, 0.717) is 0 Å². The van der Waals surface area contributed by atoms with Crippen LogP contribution in [0.4, 0.5) is 0 Å². The first-order chi connectivity index (χ1) is 15.6. The lowest BCUT2D eigenvalue weighted by atomic mass is 10.1. The molecule has 32 heavy (non-hydrogen) atoms. The molecule has 7 nitrogen and oxygen atoms in total. The third-order valence-corrected chi connectivity index (χ3v) is 5.25. The summed E-state index contributed by atoms with van der Waals surface area (Å²) in [5, 5.41) is 17.3. The molecule has 2 amide bonds. The molecule has 4 aromatic rings. The van der Waals surface area contributed by atoms with Gasteiger partial charge in [0.15, 0.2) is 5.69 Å². The normalized spacial score (nSPS) is 11.3. The van der Waals surface area contributed by atoms with Crippen LogP contribution in [0.15, 0.2) is 66.9 Å². The molecule has 0 aliphatic rings. The molecule has 4 rings (SSSR count). The van der Waals surface area contributed by atoms with Crippen LogP contribution in [0.1, 0.15) is 23.0 Å². The summed E-state index contributed by atoms with van der Waals surface area (Å²) in [7, 11) is 0. The monoisotopic (exact) mass is 428 g/mol. The summed E-state index contributed by atoms with van der Waals surface area (Å²) in [5.74, 6) is -0.931. The van der Waals surface area contributed by atoms with Crippen LogP contribution in [0, 0.1) is 0 Å². The summed E-state index contributed by atoms with van der Waals surface area (Å²) in [6, 6.07) is 17.4. The van der Waals surface area contributed by atoms with Crippen LogP contribution < -0.4 is 10.6 Å². The van der Waals surface area contributed by atoms with E-state index in [4.69, 9.17) is 0 Å². The number of amides is 2. The molecular weight excluding hydrogens is 404 g/mol. The van der Waals surface area contributed by atoms with Gasteiger partial charge in [-0.3, -0.25) is 9.59 Å². The minimum atomic E-state index is -0.493. The van der Waals surface area contributed by atoms with Gasteiger partial charge in [0.2, 0.25) is 5.91 Å². The number of para-hydroxylation sites is 1. The second-order valence-corrected chi connectivity index (χ2v) is 7.29. The number of rotatable bonds is 7. The Morgan fingerprint density at radius 3 is 2.59 bits per heavy atom. The van der Waals surface area contributed by atoms with Gasteiger partial charge in [-0.15, -0.1) is 0 Å².